The van der Waals surface area contributed by atoms with Gasteiger partial charge < -0.3 is 0 Å². The van der Waals surface area contributed by atoms with Gasteiger partial charge in [-0.2, -0.15) is 4.89 Å². The van der Waals surface area contributed by atoms with Gasteiger partial charge in [0.2, 0.25) is 5.79 Å². The molecular formula is C11H22O5. The highest BCUT2D eigenvalue weighted by Crippen LogP contribution is 2.22. The van der Waals surface area contributed by atoms with E-state index in [4.69, 9.17) is 10.1 Å². The fourth-order valence-corrected chi connectivity index (χ4v) is 0.879. The molecular weight excluding hydrogens is 212 g/mol. The van der Waals surface area contributed by atoms with Gasteiger partial charge >= 0.3 is 5.97 Å². The lowest BCUT2D eigenvalue weighted by Gasteiger charge is -2.24. The van der Waals surface area contributed by atoms with Gasteiger partial charge in [-0.1, -0.05) is 27.7 Å². The smallest absolute Gasteiger partial charge is 0.295 e. The van der Waals surface area contributed by atoms with Crippen molar-refractivity contribution >= 4 is 5.97 Å². The van der Waals surface area contributed by atoms with Gasteiger partial charge in [0, 0.05) is 6.42 Å². The summed E-state index contributed by atoms with van der Waals surface area (Å²) in [7, 11) is 0. The SMILES string of the molecule is CC(C)CCC(C)(OO)OOC(=O)C(C)C. The van der Waals surface area contributed by atoms with Crippen LogP contribution in [0, 0.1) is 11.8 Å². The molecule has 16 heavy (non-hydrogen) atoms. The Bertz CT molecular complexity index is 214. The average Bonchev–Trinajstić information content (AvgIpc) is 2.23. The summed E-state index contributed by atoms with van der Waals surface area (Å²) in [5, 5.41) is 8.73. The molecule has 0 aromatic rings. The molecule has 0 amide bonds. The molecule has 0 bridgehead atoms. The van der Waals surface area contributed by atoms with Crippen molar-refractivity contribution in [1.82, 2.24) is 0 Å². The minimum atomic E-state index is -1.30. The van der Waals surface area contributed by atoms with Crippen LogP contribution in [0.1, 0.15) is 47.5 Å². The zero-order valence-corrected chi connectivity index (χ0v) is 10.6. The van der Waals surface area contributed by atoms with Crippen molar-refractivity contribution in [3.05, 3.63) is 0 Å². The van der Waals surface area contributed by atoms with Crippen LogP contribution in [-0.2, 0) is 19.5 Å². The Morgan fingerprint density at radius 3 is 2.25 bits per heavy atom. The fraction of sp³-hybridized carbons (Fsp3) is 0.909. The lowest BCUT2D eigenvalue weighted by molar-refractivity contribution is -0.480. The molecule has 0 aliphatic heterocycles. The highest BCUT2D eigenvalue weighted by molar-refractivity contribution is 5.70. The van der Waals surface area contributed by atoms with E-state index >= 15 is 0 Å². The first kappa shape index (κ1) is 15.3. The van der Waals surface area contributed by atoms with E-state index in [9.17, 15) is 4.79 Å². The van der Waals surface area contributed by atoms with Crippen molar-refractivity contribution in [3.63, 3.8) is 0 Å². The highest BCUT2D eigenvalue weighted by atomic mass is 17.3. The van der Waals surface area contributed by atoms with Crippen molar-refractivity contribution in [1.29, 1.82) is 0 Å². The van der Waals surface area contributed by atoms with E-state index in [2.05, 4.69) is 9.78 Å². The Hall–Kier alpha value is -0.650. The largest absolute Gasteiger partial charge is 0.345 e. The fourth-order valence-electron chi connectivity index (χ4n) is 0.879. The molecule has 0 aromatic carbocycles. The number of hydrogen-bond acceptors (Lipinski definition) is 5. The van der Waals surface area contributed by atoms with E-state index in [0.717, 1.165) is 6.42 Å². The second-order valence-electron chi connectivity index (χ2n) is 4.80. The third-order valence-corrected chi connectivity index (χ3v) is 2.14. The summed E-state index contributed by atoms with van der Waals surface area (Å²) in [5.41, 5.74) is 0. The third-order valence-electron chi connectivity index (χ3n) is 2.14. The Kier molecular flexibility index (Phi) is 6.55. The zero-order valence-electron chi connectivity index (χ0n) is 10.6. The second-order valence-corrected chi connectivity index (χ2v) is 4.80. The van der Waals surface area contributed by atoms with E-state index in [-0.39, 0.29) is 5.92 Å². The van der Waals surface area contributed by atoms with Crippen molar-refractivity contribution in [3.8, 4) is 0 Å². The van der Waals surface area contributed by atoms with E-state index in [1.54, 1.807) is 13.8 Å². The van der Waals surface area contributed by atoms with Crippen LogP contribution >= 0.6 is 0 Å². The third kappa shape index (κ3) is 6.05. The molecule has 0 saturated heterocycles. The first-order valence-corrected chi connectivity index (χ1v) is 5.53. The second kappa shape index (κ2) is 6.83. The summed E-state index contributed by atoms with van der Waals surface area (Å²) in [4.78, 5) is 24.8. The molecule has 0 radical (unpaired) electrons. The van der Waals surface area contributed by atoms with Gasteiger partial charge in [0.1, 0.15) is 0 Å². The zero-order chi connectivity index (χ0) is 12.8. The standard InChI is InChI=1S/C11H22O5/c1-8(2)6-7-11(5,15-13)16-14-10(12)9(3)4/h8-9,13H,6-7H2,1-5H3. The van der Waals surface area contributed by atoms with Crippen molar-refractivity contribution in [2.24, 2.45) is 11.8 Å². The predicted molar refractivity (Wildman–Crippen MR) is 58.2 cm³/mol. The topological polar surface area (TPSA) is 65.0 Å². The Morgan fingerprint density at radius 2 is 1.88 bits per heavy atom. The Morgan fingerprint density at radius 1 is 1.31 bits per heavy atom. The quantitative estimate of drug-likeness (QED) is 0.417. The lowest BCUT2D eigenvalue weighted by atomic mass is 10.0. The Labute approximate surface area is 96.5 Å². The predicted octanol–water partition coefficient (Wildman–Crippen LogP) is 2.76. The summed E-state index contributed by atoms with van der Waals surface area (Å²) in [6.07, 6.45) is 1.23. The molecule has 0 saturated carbocycles. The van der Waals surface area contributed by atoms with Crippen LogP contribution in [0.3, 0.4) is 0 Å². The maximum absolute atomic E-state index is 11.2. The molecule has 1 unspecified atom stereocenters. The number of hydrogen-bond donors (Lipinski definition) is 1. The molecule has 1 N–H and O–H groups in total. The molecule has 0 aliphatic carbocycles. The number of rotatable bonds is 7. The van der Waals surface area contributed by atoms with Crippen LogP contribution in [0.15, 0.2) is 0 Å². The first-order valence-electron chi connectivity index (χ1n) is 5.53. The monoisotopic (exact) mass is 234 g/mol. The highest BCUT2D eigenvalue weighted by Gasteiger charge is 2.30. The molecule has 5 heteroatoms. The van der Waals surface area contributed by atoms with E-state index in [1.807, 2.05) is 13.8 Å². The van der Waals surface area contributed by atoms with Crippen LogP contribution in [-0.4, -0.2) is 17.0 Å². The minimum absolute atomic E-state index is 0.284. The lowest BCUT2D eigenvalue weighted by Crippen LogP contribution is -2.33. The van der Waals surface area contributed by atoms with Crippen molar-refractivity contribution < 1.29 is 24.7 Å². The molecule has 5 nitrogen and oxygen atoms in total. The van der Waals surface area contributed by atoms with Gasteiger partial charge in [-0.25, -0.2) is 10.1 Å². The average molecular weight is 234 g/mol. The summed E-state index contributed by atoms with van der Waals surface area (Å²) in [5.74, 6) is -1.63. The van der Waals surface area contributed by atoms with Crippen molar-refractivity contribution in [2.45, 2.75) is 53.2 Å². The molecule has 0 aliphatic rings. The van der Waals surface area contributed by atoms with E-state index in [0.29, 0.717) is 12.3 Å². The maximum atomic E-state index is 11.2. The van der Waals surface area contributed by atoms with Gasteiger partial charge in [-0.3, -0.25) is 4.89 Å². The molecule has 0 fully saturated rings. The van der Waals surface area contributed by atoms with E-state index in [1.165, 1.54) is 6.92 Å². The van der Waals surface area contributed by atoms with Gasteiger partial charge in [-0.15, -0.1) is 4.89 Å². The summed E-state index contributed by atoms with van der Waals surface area (Å²) >= 11 is 0. The van der Waals surface area contributed by atoms with Gasteiger partial charge in [-0.05, 0) is 19.3 Å². The normalized spacial score (nSPS) is 15.2. The van der Waals surface area contributed by atoms with Gasteiger partial charge in [0.15, 0.2) is 0 Å². The molecule has 1 atom stereocenters. The van der Waals surface area contributed by atoms with Crippen LogP contribution in [0.2, 0.25) is 0 Å². The molecule has 96 valence electrons. The van der Waals surface area contributed by atoms with Crippen LogP contribution < -0.4 is 0 Å². The minimum Gasteiger partial charge on any atom is -0.295 e. The Balaban J connectivity index is 4.10. The number of carbonyl (C=O) groups is 1. The summed E-state index contributed by atoms with van der Waals surface area (Å²) in [6, 6.07) is 0. The van der Waals surface area contributed by atoms with Crippen LogP contribution in [0.4, 0.5) is 0 Å². The van der Waals surface area contributed by atoms with Gasteiger partial charge in [0.25, 0.3) is 0 Å². The van der Waals surface area contributed by atoms with Crippen LogP contribution in [0.25, 0.3) is 0 Å². The molecule has 0 heterocycles. The van der Waals surface area contributed by atoms with Crippen molar-refractivity contribution in [2.75, 3.05) is 0 Å². The van der Waals surface area contributed by atoms with Crippen LogP contribution in [0.5, 0.6) is 0 Å². The molecule has 0 rings (SSSR count). The maximum Gasteiger partial charge on any atom is 0.345 e. The molecule has 0 spiro atoms. The summed E-state index contributed by atoms with van der Waals surface area (Å²) < 4.78 is 0. The summed E-state index contributed by atoms with van der Waals surface area (Å²) in [6.45, 7) is 8.98. The molecule has 0 aromatic heterocycles. The van der Waals surface area contributed by atoms with E-state index < -0.39 is 11.8 Å². The first-order chi connectivity index (χ1) is 7.30. The van der Waals surface area contributed by atoms with Gasteiger partial charge in [0.05, 0.1) is 5.92 Å². The number of carbonyl (C=O) groups excluding carboxylic acids is 1.